The van der Waals surface area contributed by atoms with Crippen LogP contribution in [-0.4, -0.2) is 26.1 Å². The van der Waals surface area contributed by atoms with Crippen LogP contribution in [0.15, 0.2) is 36.5 Å². The highest BCUT2D eigenvalue weighted by Gasteiger charge is 2.10. The molecule has 5 heteroatoms. The molecule has 0 aliphatic carbocycles. The fraction of sp³-hybridized carbons (Fsp3) is 0.375. The largest absolute Gasteiger partial charge is 0.337 e. The second-order valence-corrected chi connectivity index (χ2v) is 5.34. The third-order valence-electron chi connectivity index (χ3n) is 3.60. The van der Waals surface area contributed by atoms with Crippen LogP contribution in [0.1, 0.15) is 24.7 Å². The van der Waals surface area contributed by atoms with Gasteiger partial charge < -0.3 is 9.88 Å². The molecular weight excluding hydrogens is 262 g/mol. The summed E-state index contributed by atoms with van der Waals surface area (Å²) < 4.78 is 4.07. The zero-order chi connectivity index (χ0) is 14.7. The van der Waals surface area contributed by atoms with Crippen molar-refractivity contribution in [1.29, 1.82) is 0 Å². The Bertz CT molecular complexity index is 725. The van der Waals surface area contributed by atoms with Crippen molar-refractivity contribution in [2.75, 3.05) is 6.54 Å². The quantitative estimate of drug-likeness (QED) is 0.706. The van der Waals surface area contributed by atoms with E-state index in [2.05, 4.69) is 57.5 Å². The van der Waals surface area contributed by atoms with Crippen LogP contribution in [0.3, 0.4) is 0 Å². The van der Waals surface area contributed by atoms with Gasteiger partial charge in [-0.25, -0.2) is 0 Å². The summed E-state index contributed by atoms with van der Waals surface area (Å²) in [5.41, 5.74) is 3.52. The van der Waals surface area contributed by atoms with Crippen LogP contribution in [0, 0.1) is 0 Å². The third kappa shape index (κ3) is 2.97. The minimum absolute atomic E-state index is 0.754. The number of aryl methyl sites for hydroxylation is 1. The van der Waals surface area contributed by atoms with Gasteiger partial charge >= 0.3 is 0 Å². The second kappa shape index (κ2) is 6.10. The summed E-state index contributed by atoms with van der Waals surface area (Å²) in [6, 6.07) is 10.7. The Morgan fingerprint density at radius 1 is 1.24 bits per heavy atom. The molecule has 0 radical (unpaired) electrons. The van der Waals surface area contributed by atoms with E-state index in [9.17, 15) is 0 Å². The Labute approximate surface area is 124 Å². The summed E-state index contributed by atoms with van der Waals surface area (Å²) in [4.78, 5) is 0. The zero-order valence-electron chi connectivity index (χ0n) is 12.6. The molecule has 0 fully saturated rings. The van der Waals surface area contributed by atoms with Gasteiger partial charge in [-0.2, -0.15) is 0 Å². The Morgan fingerprint density at radius 2 is 2.10 bits per heavy atom. The van der Waals surface area contributed by atoms with Crippen LogP contribution in [0.5, 0.6) is 0 Å². The summed E-state index contributed by atoms with van der Waals surface area (Å²) in [6.07, 6.45) is 3.11. The van der Waals surface area contributed by atoms with E-state index < -0.39 is 0 Å². The number of aromatic nitrogens is 4. The highest BCUT2D eigenvalue weighted by molar-refractivity contribution is 5.81. The first-order chi connectivity index (χ1) is 10.3. The van der Waals surface area contributed by atoms with Crippen molar-refractivity contribution in [3.8, 4) is 0 Å². The first-order valence-corrected chi connectivity index (χ1v) is 7.41. The third-order valence-corrected chi connectivity index (χ3v) is 3.60. The number of rotatable bonds is 6. The molecule has 0 amide bonds. The molecule has 0 saturated carbocycles. The Balaban J connectivity index is 1.94. The molecule has 3 aromatic rings. The van der Waals surface area contributed by atoms with E-state index in [0.717, 1.165) is 31.7 Å². The zero-order valence-corrected chi connectivity index (χ0v) is 12.6. The summed E-state index contributed by atoms with van der Waals surface area (Å²) in [5.74, 6) is 0. The van der Waals surface area contributed by atoms with Gasteiger partial charge in [0.2, 0.25) is 0 Å². The maximum atomic E-state index is 4.21. The number of para-hydroxylation sites is 1. The molecule has 110 valence electrons. The van der Waals surface area contributed by atoms with E-state index in [1.54, 1.807) is 4.68 Å². The SMILES string of the molecule is CCCNCc1cc2ccccc2n1Cc1cn(C)nn1. The van der Waals surface area contributed by atoms with Crippen molar-refractivity contribution >= 4 is 10.9 Å². The van der Waals surface area contributed by atoms with Gasteiger partial charge in [-0.1, -0.05) is 30.3 Å². The topological polar surface area (TPSA) is 47.7 Å². The lowest BCUT2D eigenvalue weighted by molar-refractivity contribution is 0.633. The molecule has 0 bridgehead atoms. The molecule has 0 aliphatic rings. The average molecular weight is 283 g/mol. The predicted octanol–water partition coefficient (Wildman–Crippen LogP) is 2.32. The number of nitrogens with zero attached hydrogens (tertiary/aromatic N) is 4. The fourth-order valence-corrected chi connectivity index (χ4v) is 2.62. The average Bonchev–Trinajstić information content (AvgIpc) is 3.05. The molecule has 21 heavy (non-hydrogen) atoms. The van der Waals surface area contributed by atoms with E-state index in [-0.39, 0.29) is 0 Å². The normalized spacial score (nSPS) is 11.3. The van der Waals surface area contributed by atoms with Crippen LogP contribution in [0.2, 0.25) is 0 Å². The maximum absolute atomic E-state index is 4.21. The molecule has 5 nitrogen and oxygen atoms in total. The predicted molar refractivity (Wildman–Crippen MR) is 84.0 cm³/mol. The molecular formula is C16H21N5. The van der Waals surface area contributed by atoms with Gasteiger partial charge in [0.15, 0.2) is 0 Å². The van der Waals surface area contributed by atoms with Crippen molar-refractivity contribution in [3.05, 3.63) is 47.9 Å². The Kier molecular flexibility index (Phi) is 4.01. The van der Waals surface area contributed by atoms with E-state index in [1.807, 2.05) is 13.2 Å². The highest BCUT2D eigenvalue weighted by Crippen LogP contribution is 2.20. The smallest absolute Gasteiger partial charge is 0.102 e. The highest BCUT2D eigenvalue weighted by atomic mass is 15.4. The van der Waals surface area contributed by atoms with E-state index >= 15 is 0 Å². The monoisotopic (exact) mass is 283 g/mol. The van der Waals surface area contributed by atoms with Crippen molar-refractivity contribution in [3.63, 3.8) is 0 Å². The van der Waals surface area contributed by atoms with Gasteiger partial charge in [-0.3, -0.25) is 4.68 Å². The minimum atomic E-state index is 0.754. The minimum Gasteiger partial charge on any atom is -0.337 e. The maximum Gasteiger partial charge on any atom is 0.102 e. The number of nitrogens with one attached hydrogen (secondary N) is 1. The van der Waals surface area contributed by atoms with Crippen LogP contribution in [-0.2, 0) is 20.1 Å². The van der Waals surface area contributed by atoms with Crippen LogP contribution in [0.4, 0.5) is 0 Å². The molecule has 2 aromatic heterocycles. The Morgan fingerprint density at radius 3 is 2.86 bits per heavy atom. The summed E-state index contributed by atoms with van der Waals surface area (Å²) in [6.45, 7) is 4.85. The first kappa shape index (κ1) is 13.8. The van der Waals surface area contributed by atoms with Crippen molar-refractivity contribution in [2.45, 2.75) is 26.4 Å². The number of hydrogen-bond donors (Lipinski definition) is 1. The van der Waals surface area contributed by atoms with E-state index in [4.69, 9.17) is 0 Å². The van der Waals surface area contributed by atoms with E-state index in [0.29, 0.717) is 0 Å². The second-order valence-electron chi connectivity index (χ2n) is 5.34. The van der Waals surface area contributed by atoms with Gasteiger partial charge in [0, 0.05) is 31.0 Å². The molecule has 0 atom stereocenters. The molecule has 3 rings (SSSR count). The van der Waals surface area contributed by atoms with Crippen molar-refractivity contribution in [2.24, 2.45) is 7.05 Å². The van der Waals surface area contributed by atoms with Crippen molar-refractivity contribution in [1.82, 2.24) is 24.9 Å². The van der Waals surface area contributed by atoms with E-state index in [1.165, 1.54) is 16.6 Å². The van der Waals surface area contributed by atoms with Crippen LogP contribution >= 0.6 is 0 Å². The molecule has 0 unspecified atom stereocenters. The number of hydrogen-bond acceptors (Lipinski definition) is 3. The summed E-state index contributed by atoms with van der Waals surface area (Å²) in [5, 5.41) is 13.0. The van der Waals surface area contributed by atoms with Gasteiger partial charge in [0.05, 0.1) is 6.54 Å². The molecule has 0 saturated heterocycles. The molecule has 2 heterocycles. The van der Waals surface area contributed by atoms with Crippen molar-refractivity contribution < 1.29 is 0 Å². The number of fused-ring (bicyclic) bond motifs is 1. The Hall–Kier alpha value is -2.14. The van der Waals surface area contributed by atoms with Crippen LogP contribution < -0.4 is 5.32 Å². The fourth-order valence-electron chi connectivity index (χ4n) is 2.62. The molecule has 0 spiro atoms. The van der Waals surface area contributed by atoms with Gasteiger partial charge in [-0.15, -0.1) is 5.10 Å². The summed E-state index contributed by atoms with van der Waals surface area (Å²) >= 11 is 0. The summed E-state index contributed by atoms with van der Waals surface area (Å²) in [7, 11) is 1.90. The standard InChI is InChI=1S/C16H21N5/c1-3-8-17-10-15-9-13-6-4-5-7-16(13)21(15)12-14-11-20(2)19-18-14/h4-7,9,11,17H,3,8,10,12H2,1-2H3. The van der Waals surface area contributed by atoms with Gasteiger partial charge in [-0.05, 0) is 30.5 Å². The lowest BCUT2D eigenvalue weighted by atomic mass is 10.2. The molecule has 1 aromatic carbocycles. The molecule has 1 N–H and O–H groups in total. The lowest BCUT2D eigenvalue weighted by Crippen LogP contribution is -2.17. The lowest BCUT2D eigenvalue weighted by Gasteiger charge is -2.09. The van der Waals surface area contributed by atoms with Gasteiger partial charge in [0.1, 0.15) is 5.69 Å². The first-order valence-electron chi connectivity index (χ1n) is 7.41. The van der Waals surface area contributed by atoms with Gasteiger partial charge in [0.25, 0.3) is 0 Å². The van der Waals surface area contributed by atoms with Crippen LogP contribution in [0.25, 0.3) is 10.9 Å². The molecule has 0 aliphatic heterocycles. The number of benzene rings is 1.